The Morgan fingerprint density at radius 3 is 2.33 bits per heavy atom. The van der Waals surface area contributed by atoms with Crippen molar-refractivity contribution in [2.45, 2.75) is 12.7 Å². The van der Waals surface area contributed by atoms with E-state index in [0.29, 0.717) is 18.9 Å². The molecule has 0 aromatic heterocycles. The van der Waals surface area contributed by atoms with E-state index in [0.717, 1.165) is 17.3 Å². The number of carbonyl (C=O) groups excluding carboxylic acids is 1. The van der Waals surface area contributed by atoms with Crippen molar-refractivity contribution in [1.29, 1.82) is 0 Å². The molecule has 1 amide bonds. The lowest BCUT2D eigenvalue weighted by molar-refractivity contribution is -0.122. The largest absolute Gasteiger partial charge is 0.494 e. The SMILES string of the molecule is CCOc1ccc(OCC(=O)NCCSCc2ccccc2)cc1. The second kappa shape index (κ2) is 10.6. The van der Waals surface area contributed by atoms with Gasteiger partial charge >= 0.3 is 0 Å². The summed E-state index contributed by atoms with van der Waals surface area (Å²) >= 11 is 1.80. The van der Waals surface area contributed by atoms with Gasteiger partial charge in [0.15, 0.2) is 6.61 Å². The first-order valence-electron chi connectivity index (χ1n) is 8.02. The van der Waals surface area contributed by atoms with Crippen LogP contribution in [0.2, 0.25) is 0 Å². The van der Waals surface area contributed by atoms with E-state index in [4.69, 9.17) is 9.47 Å². The van der Waals surface area contributed by atoms with Crippen molar-refractivity contribution < 1.29 is 14.3 Å². The van der Waals surface area contributed by atoms with Crippen molar-refractivity contribution >= 4 is 17.7 Å². The maximum Gasteiger partial charge on any atom is 0.257 e. The van der Waals surface area contributed by atoms with Crippen LogP contribution < -0.4 is 14.8 Å². The normalized spacial score (nSPS) is 10.2. The van der Waals surface area contributed by atoms with Crippen molar-refractivity contribution in [2.75, 3.05) is 25.5 Å². The highest BCUT2D eigenvalue weighted by Crippen LogP contribution is 2.17. The third-order valence-electron chi connectivity index (χ3n) is 3.18. The summed E-state index contributed by atoms with van der Waals surface area (Å²) in [6, 6.07) is 17.6. The Balaban J connectivity index is 1.56. The molecule has 4 nitrogen and oxygen atoms in total. The summed E-state index contributed by atoms with van der Waals surface area (Å²) < 4.78 is 10.8. The van der Waals surface area contributed by atoms with Crippen LogP contribution in [0.4, 0.5) is 0 Å². The summed E-state index contributed by atoms with van der Waals surface area (Å²) in [7, 11) is 0. The van der Waals surface area contributed by atoms with Crippen LogP contribution in [0.25, 0.3) is 0 Å². The zero-order valence-corrected chi connectivity index (χ0v) is 14.7. The number of carbonyl (C=O) groups is 1. The summed E-state index contributed by atoms with van der Waals surface area (Å²) in [6.07, 6.45) is 0. The van der Waals surface area contributed by atoms with E-state index >= 15 is 0 Å². The monoisotopic (exact) mass is 345 g/mol. The minimum Gasteiger partial charge on any atom is -0.494 e. The molecular formula is C19H23NO3S. The second-order valence-electron chi connectivity index (χ2n) is 5.08. The third kappa shape index (κ3) is 6.96. The fourth-order valence-corrected chi connectivity index (χ4v) is 2.84. The lowest BCUT2D eigenvalue weighted by Gasteiger charge is -2.08. The molecule has 0 bridgehead atoms. The van der Waals surface area contributed by atoms with Gasteiger partial charge in [0.1, 0.15) is 11.5 Å². The molecule has 0 aliphatic carbocycles. The summed E-state index contributed by atoms with van der Waals surface area (Å²) in [5, 5.41) is 2.86. The van der Waals surface area contributed by atoms with Crippen LogP contribution in [0.3, 0.4) is 0 Å². The van der Waals surface area contributed by atoms with E-state index in [1.165, 1.54) is 5.56 Å². The van der Waals surface area contributed by atoms with Gasteiger partial charge in [-0.2, -0.15) is 11.8 Å². The van der Waals surface area contributed by atoms with Crippen LogP contribution in [-0.4, -0.2) is 31.4 Å². The van der Waals surface area contributed by atoms with Crippen LogP contribution in [0.15, 0.2) is 54.6 Å². The van der Waals surface area contributed by atoms with Gasteiger partial charge in [-0.1, -0.05) is 30.3 Å². The molecule has 0 saturated heterocycles. The van der Waals surface area contributed by atoms with Crippen LogP contribution >= 0.6 is 11.8 Å². The Morgan fingerprint density at radius 2 is 1.67 bits per heavy atom. The van der Waals surface area contributed by atoms with E-state index in [1.54, 1.807) is 23.9 Å². The van der Waals surface area contributed by atoms with Crippen LogP contribution in [0, 0.1) is 0 Å². The number of hydrogen-bond donors (Lipinski definition) is 1. The van der Waals surface area contributed by atoms with Crippen molar-refractivity contribution in [2.24, 2.45) is 0 Å². The average molecular weight is 345 g/mol. The Bertz CT molecular complexity index is 602. The molecule has 0 spiro atoms. The van der Waals surface area contributed by atoms with Crippen molar-refractivity contribution in [3.8, 4) is 11.5 Å². The molecule has 5 heteroatoms. The molecule has 0 unspecified atom stereocenters. The van der Waals surface area contributed by atoms with E-state index in [-0.39, 0.29) is 12.5 Å². The van der Waals surface area contributed by atoms with Gasteiger partial charge in [-0.25, -0.2) is 0 Å². The lowest BCUT2D eigenvalue weighted by atomic mass is 10.2. The van der Waals surface area contributed by atoms with Crippen LogP contribution in [-0.2, 0) is 10.5 Å². The van der Waals surface area contributed by atoms with Gasteiger partial charge < -0.3 is 14.8 Å². The zero-order chi connectivity index (χ0) is 17.0. The van der Waals surface area contributed by atoms with E-state index < -0.39 is 0 Å². The molecule has 128 valence electrons. The van der Waals surface area contributed by atoms with Crippen molar-refractivity contribution in [3.63, 3.8) is 0 Å². The minimum atomic E-state index is -0.107. The van der Waals surface area contributed by atoms with Gasteiger partial charge in [-0.3, -0.25) is 4.79 Å². The van der Waals surface area contributed by atoms with Gasteiger partial charge in [0, 0.05) is 18.1 Å². The highest BCUT2D eigenvalue weighted by molar-refractivity contribution is 7.98. The van der Waals surface area contributed by atoms with E-state index in [1.807, 2.05) is 37.3 Å². The second-order valence-corrected chi connectivity index (χ2v) is 6.19. The van der Waals surface area contributed by atoms with Crippen LogP contribution in [0.5, 0.6) is 11.5 Å². The molecular weight excluding hydrogens is 322 g/mol. The van der Waals surface area contributed by atoms with Crippen molar-refractivity contribution in [3.05, 3.63) is 60.2 Å². The quantitative estimate of drug-likeness (QED) is 0.670. The molecule has 0 aliphatic heterocycles. The number of thioether (sulfide) groups is 1. The average Bonchev–Trinajstić information content (AvgIpc) is 2.62. The first-order valence-corrected chi connectivity index (χ1v) is 9.17. The fraction of sp³-hybridized carbons (Fsp3) is 0.316. The molecule has 2 aromatic carbocycles. The highest BCUT2D eigenvalue weighted by Gasteiger charge is 2.03. The minimum absolute atomic E-state index is 0.0251. The summed E-state index contributed by atoms with van der Waals surface area (Å²) in [5.74, 6) is 3.18. The Kier molecular flexibility index (Phi) is 8.04. The molecule has 2 aromatic rings. The number of benzene rings is 2. The molecule has 0 heterocycles. The van der Waals surface area contributed by atoms with E-state index in [2.05, 4.69) is 17.4 Å². The fourth-order valence-electron chi connectivity index (χ4n) is 2.03. The molecule has 24 heavy (non-hydrogen) atoms. The Labute approximate surface area is 147 Å². The number of amides is 1. The summed E-state index contributed by atoms with van der Waals surface area (Å²) in [6.45, 7) is 3.23. The number of rotatable bonds is 10. The molecule has 0 atom stereocenters. The molecule has 0 radical (unpaired) electrons. The van der Waals surface area contributed by atoms with Gasteiger partial charge in [0.05, 0.1) is 6.61 Å². The smallest absolute Gasteiger partial charge is 0.257 e. The molecule has 2 rings (SSSR count). The number of hydrogen-bond acceptors (Lipinski definition) is 4. The van der Waals surface area contributed by atoms with Gasteiger partial charge in [-0.15, -0.1) is 0 Å². The standard InChI is InChI=1S/C19H23NO3S/c1-2-22-17-8-10-18(11-9-17)23-14-19(21)20-12-13-24-15-16-6-4-3-5-7-16/h3-11H,2,12-15H2,1H3,(H,20,21). The molecule has 0 aliphatic rings. The predicted molar refractivity (Wildman–Crippen MR) is 98.7 cm³/mol. The highest BCUT2D eigenvalue weighted by atomic mass is 32.2. The molecule has 1 N–H and O–H groups in total. The Morgan fingerprint density at radius 1 is 1.00 bits per heavy atom. The molecule has 0 fully saturated rings. The first-order chi connectivity index (χ1) is 11.8. The summed E-state index contributed by atoms with van der Waals surface area (Å²) in [5.41, 5.74) is 1.30. The maximum atomic E-state index is 11.7. The van der Waals surface area contributed by atoms with Crippen LogP contribution in [0.1, 0.15) is 12.5 Å². The van der Waals surface area contributed by atoms with Gasteiger partial charge in [0.25, 0.3) is 5.91 Å². The summed E-state index contributed by atoms with van der Waals surface area (Å²) in [4.78, 5) is 11.7. The lowest BCUT2D eigenvalue weighted by Crippen LogP contribution is -2.30. The van der Waals surface area contributed by atoms with Crippen molar-refractivity contribution in [1.82, 2.24) is 5.32 Å². The molecule has 0 saturated carbocycles. The van der Waals surface area contributed by atoms with E-state index in [9.17, 15) is 4.79 Å². The number of ether oxygens (including phenoxy) is 2. The first kappa shape index (κ1) is 18.2. The zero-order valence-electron chi connectivity index (χ0n) is 13.9. The van der Waals surface area contributed by atoms with Gasteiger partial charge in [-0.05, 0) is 36.8 Å². The predicted octanol–water partition coefficient (Wildman–Crippen LogP) is 3.51. The Hall–Kier alpha value is -2.14. The van der Waals surface area contributed by atoms with Gasteiger partial charge in [0.2, 0.25) is 0 Å². The number of nitrogens with one attached hydrogen (secondary N) is 1. The topological polar surface area (TPSA) is 47.6 Å². The third-order valence-corrected chi connectivity index (χ3v) is 4.22. The maximum absolute atomic E-state index is 11.7.